The minimum atomic E-state index is -0.0477. The Hall–Kier alpha value is -2.12. The number of halogens is 2. The number of thioether (sulfide) groups is 1. The van der Waals surface area contributed by atoms with Crippen LogP contribution in [0.15, 0.2) is 65.7 Å². The van der Waals surface area contributed by atoms with Crippen LogP contribution in [-0.4, -0.2) is 21.6 Å². The lowest BCUT2D eigenvalue weighted by atomic mass is 10.2. The van der Waals surface area contributed by atoms with E-state index in [1.54, 1.807) is 11.1 Å². The number of anilines is 1. The molecule has 0 unspecified atom stereocenters. The van der Waals surface area contributed by atoms with Crippen molar-refractivity contribution < 1.29 is 4.79 Å². The Bertz CT molecular complexity index is 1140. The van der Waals surface area contributed by atoms with Gasteiger partial charge in [-0.1, -0.05) is 46.7 Å². The van der Waals surface area contributed by atoms with Gasteiger partial charge in [-0.25, -0.2) is 4.98 Å². The molecule has 152 valence electrons. The average Bonchev–Trinajstić information content (AvgIpc) is 3.21. The van der Waals surface area contributed by atoms with E-state index < -0.39 is 0 Å². The topological polar surface area (TPSA) is 46.1 Å². The highest BCUT2D eigenvalue weighted by Gasteiger charge is 2.22. The molecule has 0 aliphatic carbocycles. The molecule has 0 aliphatic rings. The van der Waals surface area contributed by atoms with Crippen molar-refractivity contribution in [3.63, 3.8) is 0 Å². The first-order valence-electron chi connectivity index (χ1n) is 9.15. The summed E-state index contributed by atoms with van der Waals surface area (Å²) >= 11 is 15.2. The molecule has 30 heavy (non-hydrogen) atoms. The number of aryl methyl sites for hydroxylation is 1. The van der Waals surface area contributed by atoms with E-state index in [4.69, 9.17) is 28.2 Å². The Morgan fingerprint density at radius 1 is 1.10 bits per heavy atom. The zero-order valence-electron chi connectivity index (χ0n) is 16.0. The number of pyridine rings is 1. The van der Waals surface area contributed by atoms with Gasteiger partial charge in [0.1, 0.15) is 0 Å². The number of hydrogen-bond donors (Lipinski definition) is 0. The molecule has 4 aromatic rings. The molecule has 2 heterocycles. The third-order valence-corrected chi connectivity index (χ3v) is 7.23. The van der Waals surface area contributed by atoms with E-state index in [1.807, 2.05) is 61.5 Å². The monoisotopic (exact) mass is 473 g/mol. The molecule has 0 bridgehead atoms. The number of hydrogen-bond acceptors (Lipinski definition) is 5. The van der Waals surface area contributed by atoms with E-state index in [0.717, 1.165) is 26.4 Å². The number of fused-ring (bicyclic) bond motifs is 1. The second-order valence-electron chi connectivity index (χ2n) is 6.58. The second kappa shape index (κ2) is 9.35. The summed E-state index contributed by atoms with van der Waals surface area (Å²) in [5, 5.41) is 1.93. The van der Waals surface area contributed by atoms with Gasteiger partial charge < -0.3 is 0 Å². The first kappa shape index (κ1) is 21.1. The van der Waals surface area contributed by atoms with Crippen molar-refractivity contribution in [2.24, 2.45) is 0 Å². The molecule has 0 N–H and O–H groups in total. The fourth-order valence-electron chi connectivity index (χ4n) is 2.88. The van der Waals surface area contributed by atoms with Crippen LogP contribution in [0.1, 0.15) is 11.3 Å². The van der Waals surface area contributed by atoms with Crippen LogP contribution in [0.4, 0.5) is 5.13 Å². The van der Waals surface area contributed by atoms with Gasteiger partial charge in [0, 0.05) is 16.1 Å². The molecule has 0 spiro atoms. The normalized spacial score (nSPS) is 11.0. The van der Waals surface area contributed by atoms with Gasteiger partial charge in [-0.2, -0.15) is 0 Å². The Labute approximate surface area is 192 Å². The highest BCUT2D eigenvalue weighted by Crippen LogP contribution is 2.36. The van der Waals surface area contributed by atoms with Crippen LogP contribution < -0.4 is 4.90 Å². The van der Waals surface area contributed by atoms with Crippen LogP contribution >= 0.6 is 46.3 Å². The van der Waals surface area contributed by atoms with E-state index >= 15 is 0 Å². The first-order chi connectivity index (χ1) is 14.5. The molecule has 0 aliphatic heterocycles. The molecular weight excluding hydrogens is 457 g/mol. The predicted octanol–water partition coefficient (Wildman–Crippen LogP) is 6.63. The molecular formula is C22H17Cl2N3OS2. The van der Waals surface area contributed by atoms with Gasteiger partial charge in [-0.15, -0.1) is 11.8 Å². The van der Waals surface area contributed by atoms with Gasteiger partial charge in [0.25, 0.3) is 0 Å². The highest BCUT2D eigenvalue weighted by atomic mass is 35.5. The number of benzene rings is 2. The van der Waals surface area contributed by atoms with Gasteiger partial charge in [0.2, 0.25) is 5.91 Å². The molecule has 0 fully saturated rings. The fourth-order valence-corrected chi connectivity index (χ4v) is 5.11. The van der Waals surface area contributed by atoms with Crippen molar-refractivity contribution in [3.8, 4) is 0 Å². The Morgan fingerprint density at radius 2 is 1.90 bits per heavy atom. The maximum atomic E-state index is 13.2. The molecule has 0 saturated carbocycles. The maximum absolute atomic E-state index is 13.2. The van der Waals surface area contributed by atoms with E-state index in [1.165, 1.54) is 23.1 Å². The predicted molar refractivity (Wildman–Crippen MR) is 127 cm³/mol. The number of carbonyl (C=O) groups excluding carboxylic acids is 1. The van der Waals surface area contributed by atoms with Crippen LogP contribution in [-0.2, 0) is 11.3 Å². The molecule has 2 aromatic carbocycles. The molecule has 1 amide bonds. The van der Waals surface area contributed by atoms with Crippen molar-refractivity contribution >= 4 is 67.6 Å². The summed E-state index contributed by atoms with van der Waals surface area (Å²) in [5.74, 6) is 0.227. The number of carbonyl (C=O) groups is 1. The van der Waals surface area contributed by atoms with Crippen molar-refractivity contribution in [1.82, 2.24) is 9.97 Å². The van der Waals surface area contributed by atoms with Crippen LogP contribution in [0.25, 0.3) is 10.2 Å². The lowest BCUT2D eigenvalue weighted by Crippen LogP contribution is -2.32. The smallest absolute Gasteiger partial charge is 0.239 e. The second-order valence-corrected chi connectivity index (χ2v) is 9.45. The number of thiazole rings is 1. The van der Waals surface area contributed by atoms with Gasteiger partial charge in [0.15, 0.2) is 5.13 Å². The van der Waals surface area contributed by atoms with Gasteiger partial charge in [-0.05, 0) is 55.0 Å². The summed E-state index contributed by atoms with van der Waals surface area (Å²) in [6.07, 6.45) is 1.72. The lowest BCUT2D eigenvalue weighted by molar-refractivity contribution is -0.116. The summed E-state index contributed by atoms with van der Waals surface area (Å²) in [6, 6.07) is 16.9. The molecule has 2 aromatic heterocycles. The molecule has 0 saturated heterocycles. The van der Waals surface area contributed by atoms with Gasteiger partial charge in [0.05, 0.1) is 33.2 Å². The van der Waals surface area contributed by atoms with Crippen LogP contribution in [0, 0.1) is 6.92 Å². The van der Waals surface area contributed by atoms with Crippen molar-refractivity contribution in [2.45, 2.75) is 18.4 Å². The Morgan fingerprint density at radius 3 is 2.60 bits per heavy atom. The number of amides is 1. The van der Waals surface area contributed by atoms with Gasteiger partial charge in [-0.3, -0.25) is 14.7 Å². The highest BCUT2D eigenvalue weighted by molar-refractivity contribution is 8.00. The largest absolute Gasteiger partial charge is 0.281 e. The zero-order valence-corrected chi connectivity index (χ0v) is 19.2. The summed E-state index contributed by atoms with van der Waals surface area (Å²) < 4.78 is 0.885. The number of nitrogens with zero attached hydrogens (tertiary/aromatic N) is 3. The van der Waals surface area contributed by atoms with E-state index in [9.17, 15) is 4.79 Å². The van der Waals surface area contributed by atoms with E-state index in [0.29, 0.717) is 21.7 Å². The van der Waals surface area contributed by atoms with Crippen molar-refractivity contribution in [2.75, 3.05) is 10.7 Å². The third-order valence-electron chi connectivity index (χ3n) is 4.44. The van der Waals surface area contributed by atoms with Gasteiger partial charge >= 0.3 is 0 Å². The van der Waals surface area contributed by atoms with Crippen molar-refractivity contribution in [3.05, 3.63) is 82.1 Å². The summed E-state index contributed by atoms with van der Waals surface area (Å²) in [7, 11) is 0. The fraction of sp³-hybridized carbons (Fsp3) is 0.136. The summed E-state index contributed by atoms with van der Waals surface area (Å²) in [5.41, 5.74) is 2.65. The quantitative estimate of drug-likeness (QED) is 0.294. The summed E-state index contributed by atoms with van der Waals surface area (Å²) in [4.78, 5) is 25.0. The molecule has 8 heteroatoms. The number of rotatable bonds is 6. The minimum Gasteiger partial charge on any atom is -0.281 e. The lowest BCUT2D eigenvalue weighted by Gasteiger charge is -2.19. The maximum Gasteiger partial charge on any atom is 0.239 e. The van der Waals surface area contributed by atoms with Crippen LogP contribution in [0.2, 0.25) is 10.0 Å². The van der Waals surface area contributed by atoms with E-state index in [2.05, 4.69) is 4.98 Å². The molecule has 4 nitrogen and oxygen atoms in total. The minimum absolute atomic E-state index is 0.0477. The molecule has 0 atom stereocenters. The van der Waals surface area contributed by atoms with Crippen LogP contribution in [0.3, 0.4) is 0 Å². The zero-order chi connectivity index (χ0) is 21.1. The Kier molecular flexibility index (Phi) is 6.58. The Balaban J connectivity index is 1.64. The number of aromatic nitrogens is 2. The molecule has 0 radical (unpaired) electrons. The van der Waals surface area contributed by atoms with Crippen molar-refractivity contribution in [1.29, 1.82) is 0 Å². The summed E-state index contributed by atoms with van der Waals surface area (Å²) in [6.45, 7) is 2.33. The SMILES string of the molecule is Cc1ccc(Cl)c2sc(N(Cc3ccccn3)C(=O)CSc3ccc(Cl)cc3)nc12. The third kappa shape index (κ3) is 4.78. The van der Waals surface area contributed by atoms with E-state index in [-0.39, 0.29) is 11.7 Å². The first-order valence-corrected chi connectivity index (χ1v) is 11.7. The standard InChI is InChI=1S/C22H17Cl2N3OS2/c1-14-5-10-18(24)21-20(14)26-22(30-21)27(12-16-4-2-3-11-25-16)19(28)13-29-17-8-6-15(23)7-9-17/h2-11H,12-13H2,1H3. The van der Waals surface area contributed by atoms with Crippen LogP contribution in [0.5, 0.6) is 0 Å². The molecule has 4 rings (SSSR count). The average molecular weight is 474 g/mol.